The average Bonchev–Trinajstić information content (AvgIpc) is 2.84. The standard InChI is InChI=1S/C12H14FN3O7/c13-6-1-16(12(22)14-11(6)21)7-2-15(3-8(7)17)9(18)4-23-5-10(19)20/h1,7-8,17H,2-5H2,(H,19,20)(H,14,21,22)/t7-,8-/m1/s1. The molecule has 2 atom stereocenters. The molecule has 3 N–H and O–H groups in total. The van der Waals surface area contributed by atoms with Gasteiger partial charge in [-0.2, -0.15) is 4.39 Å². The number of aromatic amines is 1. The number of aromatic nitrogens is 2. The van der Waals surface area contributed by atoms with E-state index >= 15 is 0 Å². The summed E-state index contributed by atoms with van der Waals surface area (Å²) in [6.07, 6.45) is -0.481. The number of aliphatic hydroxyl groups excluding tert-OH is 1. The van der Waals surface area contributed by atoms with Crippen molar-refractivity contribution in [1.29, 1.82) is 0 Å². The highest BCUT2D eigenvalue weighted by Gasteiger charge is 2.36. The lowest BCUT2D eigenvalue weighted by atomic mass is 10.2. The Morgan fingerprint density at radius 3 is 2.70 bits per heavy atom. The first kappa shape index (κ1) is 16.8. The molecule has 0 saturated carbocycles. The second-order valence-corrected chi connectivity index (χ2v) is 4.96. The first-order valence-electron chi connectivity index (χ1n) is 6.56. The lowest BCUT2D eigenvalue weighted by molar-refractivity contribution is -0.145. The molecular weight excluding hydrogens is 317 g/mol. The predicted molar refractivity (Wildman–Crippen MR) is 71.4 cm³/mol. The SMILES string of the molecule is O=C(O)COCC(=O)N1C[C@@H](O)[C@H](n2cc(F)c(=O)[nH]c2=O)C1. The molecule has 1 saturated heterocycles. The molecule has 10 nitrogen and oxygen atoms in total. The summed E-state index contributed by atoms with van der Waals surface area (Å²) in [5, 5.41) is 18.4. The summed E-state index contributed by atoms with van der Waals surface area (Å²) in [7, 11) is 0. The Morgan fingerprint density at radius 2 is 2.04 bits per heavy atom. The van der Waals surface area contributed by atoms with Gasteiger partial charge in [0.15, 0.2) is 0 Å². The number of ether oxygens (including phenoxy) is 1. The number of amides is 1. The molecule has 1 aliphatic rings. The Bertz CT molecular complexity index is 728. The minimum atomic E-state index is -1.23. The number of hydrogen-bond donors (Lipinski definition) is 3. The fourth-order valence-electron chi connectivity index (χ4n) is 2.27. The lowest BCUT2D eigenvalue weighted by Crippen LogP contribution is -2.38. The molecule has 0 radical (unpaired) electrons. The minimum absolute atomic E-state index is 0.109. The monoisotopic (exact) mass is 331 g/mol. The molecule has 1 aromatic heterocycles. The zero-order valence-electron chi connectivity index (χ0n) is 11.8. The average molecular weight is 331 g/mol. The van der Waals surface area contributed by atoms with Crippen LogP contribution in [0.3, 0.4) is 0 Å². The maximum atomic E-state index is 13.3. The Morgan fingerprint density at radius 1 is 1.35 bits per heavy atom. The second-order valence-electron chi connectivity index (χ2n) is 4.96. The van der Waals surface area contributed by atoms with Crippen LogP contribution >= 0.6 is 0 Å². The molecule has 1 aliphatic heterocycles. The van der Waals surface area contributed by atoms with Gasteiger partial charge in [-0.05, 0) is 0 Å². The van der Waals surface area contributed by atoms with E-state index in [1.807, 2.05) is 0 Å². The Balaban J connectivity index is 2.08. The number of nitrogens with one attached hydrogen (secondary N) is 1. The van der Waals surface area contributed by atoms with E-state index in [4.69, 9.17) is 5.11 Å². The minimum Gasteiger partial charge on any atom is -0.480 e. The van der Waals surface area contributed by atoms with Crippen LogP contribution in [0.15, 0.2) is 15.8 Å². The highest BCUT2D eigenvalue weighted by atomic mass is 19.1. The summed E-state index contributed by atoms with van der Waals surface area (Å²) in [6, 6.07) is -0.933. The van der Waals surface area contributed by atoms with Gasteiger partial charge in [-0.1, -0.05) is 0 Å². The number of carboxylic acids is 1. The normalized spacial score (nSPS) is 20.7. The number of rotatable bonds is 5. The number of carbonyl (C=O) groups is 2. The molecule has 2 heterocycles. The van der Waals surface area contributed by atoms with E-state index in [0.717, 1.165) is 9.47 Å². The van der Waals surface area contributed by atoms with Crippen LogP contribution < -0.4 is 11.2 Å². The highest BCUT2D eigenvalue weighted by molar-refractivity contribution is 5.78. The van der Waals surface area contributed by atoms with E-state index in [-0.39, 0.29) is 13.1 Å². The van der Waals surface area contributed by atoms with Crippen molar-refractivity contribution in [3.63, 3.8) is 0 Å². The molecule has 0 aliphatic carbocycles. The number of halogens is 1. The first-order chi connectivity index (χ1) is 10.8. The lowest BCUT2D eigenvalue weighted by Gasteiger charge is -2.17. The molecule has 0 bridgehead atoms. The van der Waals surface area contributed by atoms with Crippen molar-refractivity contribution in [2.75, 3.05) is 26.3 Å². The van der Waals surface area contributed by atoms with Gasteiger partial charge in [-0.15, -0.1) is 0 Å². The number of H-pyrrole nitrogens is 1. The largest absolute Gasteiger partial charge is 0.480 e. The number of carbonyl (C=O) groups excluding carboxylic acids is 1. The van der Waals surface area contributed by atoms with E-state index in [0.29, 0.717) is 6.20 Å². The molecule has 0 aromatic carbocycles. The maximum absolute atomic E-state index is 13.3. The van der Waals surface area contributed by atoms with Crippen LogP contribution in [0, 0.1) is 5.82 Å². The molecule has 11 heteroatoms. The van der Waals surface area contributed by atoms with Gasteiger partial charge in [0.2, 0.25) is 11.7 Å². The molecule has 1 amide bonds. The number of β-amino-alcohol motifs (C(OH)–C–C–N with tert-alkyl or cyclic N) is 1. The van der Waals surface area contributed by atoms with E-state index in [2.05, 4.69) is 4.74 Å². The summed E-state index contributed by atoms with van der Waals surface area (Å²) in [6.45, 7) is -1.38. The van der Waals surface area contributed by atoms with E-state index in [9.17, 15) is 28.7 Å². The smallest absolute Gasteiger partial charge is 0.329 e. The number of likely N-dealkylation sites (tertiary alicyclic amines) is 1. The molecule has 23 heavy (non-hydrogen) atoms. The van der Waals surface area contributed by atoms with E-state index < -0.39 is 54.3 Å². The van der Waals surface area contributed by atoms with Crippen molar-refractivity contribution in [3.05, 3.63) is 32.9 Å². The molecule has 0 spiro atoms. The third-order valence-corrected chi connectivity index (χ3v) is 3.34. The van der Waals surface area contributed by atoms with Crippen molar-refractivity contribution in [2.24, 2.45) is 0 Å². The van der Waals surface area contributed by atoms with Gasteiger partial charge in [-0.3, -0.25) is 19.1 Å². The van der Waals surface area contributed by atoms with Gasteiger partial charge < -0.3 is 19.8 Å². The summed E-state index contributed by atoms with van der Waals surface area (Å²) < 4.78 is 18.8. The van der Waals surface area contributed by atoms with E-state index in [1.165, 1.54) is 0 Å². The van der Waals surface area contributed by atoms with Crippen LogP contribution in [0.1, 0.15) is 6.04 Å². The fraction of sp³-hybridized carbons (Fsp3) is 0.500. The zero-order chi connectivity index (χ0) is 17.1. The molecule has 0 unspecified atom stereocenters. The van der Waals surface area contributed by atoms with Crippen LogP contribution in [0.4, 0.5) is 4.39 Å². The second kappa shape index (κ2) is 6.71. The molecule has 126 valence electrons. The van der Waals surface area contributed by atoms with Crippen molar-refractivity contribution in [2.45, 2.75) is 12.1 Å². The Labute approximate surface area is 127 Å². The van der Waals surface area contributed by atoms with Crippen molar-refractivity contribution in [3.8, 4) is 0 Å². The quantitative estimate of drug-likeness (QED) is 0.542. The predicted octanol–water partition coefficient (Wildman–Crippen LogP) is -2.48. The van der Waals surface area contributed by atoms with Crippen LogP contribution in [0.2, 0.25) is 0 Å². The number of carboxylic acid groups (broad SMARTS) is 1. The van der Waals surface area contributed by atoms with Crippen LogP contribution in [-0.4, -0.2) is 68.9 Å². The first-order valence-corrected chi connectivity index (χ1v) is 6.56. The third kappa shape index (κ3) is 3.81. The Hall–Kier alpha value is -2.53. The summed E-state index contributed by atoms with van der Waals surface area (Å²) >= 11 is 0. The van der Waals surface area contributed by atoms with Crippen molar-refractivity contribution in [1.82, 2.24) is 14.5 Å². The van der Waals surface area contributed by atoms with Gasteiger partial charge in [0, 0.05) is 13.1 Å². The van der Waals surface area contributed by atoms with Gasteiger partial charge in [0.25, 0.3) is 5.56 Å². The van der Waals surface area contributed by atoms with Crippen LogP contribution in [-0.2, 0) is 14.3 Å². The maximum Gasteiger partial charge on any atom is 0.329 e. The van der Waals surface area contributed by atoms with Gasteiger partial charge in [0.05, 0.1) is 18.3 Å². The van der Waals surface area contributed by atoms with Gasteiger partial charge in [-0.25, -0.2) is 9.59 Å². The topological polar surface area (TPSA) is 142 Å². The van der Waals surface area contributed by atoms with Crippen molar-refractivity contribution < 1.29 is 28.9 Å². The van der Waals surface area contributed by atoms with Crippen molar-refractivity contribution >= 4 is 11.9 Å². The third-order valence-electron chi connectivity index (χ3n) is 3.34. The molecule has 1 aromatic rings. The summed E-state index contributed by atoms with van der Waals surface area (Å²) in [5.41, 5.74) is -2.08. The van der Waals surface area contributed by atoms with Gasteiger partial charge in [0.1, 0.15) is 13.2 Å². The number of nitrogens with zero attached hydrogens (tertiary/aromatic N) is 2. The summed E-state index contributed by atoms with van der Waals surface area (Å²) in [5.74, 6) is -3.00. The number of aliphatic carboxylic acids is 1. The number of aliphatic hydroxyl groups is 1. The van der Waals surface area contributed by atoms with E-state index in [1.54, 1.807) is 4.98 Å². The molecular formula is C12H14FN3O7. The highest BCUT2D eigenvalue weighted by Crippen LogP contribution is 2.20. The van der Waals surface area contributed by atoms with Crippen LogP contribution in [0.5, 0.6) is 0 Å². The fourth-order valence-corrected chi connectivity index (χ4v) is 2.27. The number of hydrogen-bond acceptors (Lipinski definition) is 6. The zero-order valence-corrected chi connectivity index (χ0v) is 11.8. The van der Waals surface area contributed by atoms with Gasteiger partial charge >= 0.3 is 11.7 Å². The van der Waals surface area contributed by atoms with Crippen LogP contribution in [0.25, 0.3) is 0 Å². The Kier molecular flexibility index (Phi) is 4.91. The molecule has 1 fully saturated rings. The summed E-state index contributed by atoms with van der Waals surface area (Å²) in [4.78, 5) is 47.7. The molecule has 2 rings (SSSR count).